The highest BCUT2D eigenvalue weighted by Crippen LogP contribution is 2.28. The quantitative estimate of drug-likeness (QED) is 0.697. The van der Waals surface area contributed by atoms with E-state index < -0.39 is 0 Å². The largest absolute Gasteiger partial charge is 0.497 e. The number of nitrogens with zero attached hydrogens (tertiary/aromatic N) is 1. The molecule has 1 heterocycles. The van der Waals surface area contributed by atoms with Crippen molar-refractivity contribution in [1.82, 2.24) is 4.90 Å². The molecule has 1 aliphatic rings. The third-order valence-electron chi connectivity index (χ3n) is 4.88. The molecular weight excluding hydrogens is 346 g/mol. The minimum Gasteiger partial charge on any atom is -0.497 e. The number of methoxy groups -OCH3 is 1. The maximum Gasteiger partial charge on any atom is 0.246 e. The molecule has 2 aromatic rings. The van der Waals surface area contributed by atoms with Crippen LogP contribution < -0.4 is 4.74 Å². The second-order valence-corrected chi connectivity index (χ2v) is 7.01. The molecule has 1 aliphatic heterocycles. The molecule has 26 heavy (non-hydrogen) atoms. The Morgan fingerprint density at radius 2 is 1.92 bits per heavy atom. The van der Waals surface area contributed by atoms with Crippen LogP contribution in [0.1, 0.15) is 36.3 Å². The van der Waals surface area contributed by atoms with Crippen LogP contribution in [0.4, 0.5) is 0 Å². The Balaban J connectivity index is 1.70. The fourth-order valence-corrected chi connectivity index (χ4v) is 3.57. The molecule has 0 spiro atoms. The van der Waals surface area contributed by atoms with Crippen molar-refractivity contribution < 1.29 is 9.53 Å². The van der Waals surface area contributed by atoms with Crippen molar-refractivity contribution in [2.24, 2.45) is 0 Å². The Morgan fingerprint density at radius 1 is 1.15 bits per heavy atom. The van der Waals surface area contributed by atoms with Gasteiger partial charge in [0, 0.05) is 30.1 Å². The lowest BCUT2D eigenvalue weighted by molar-refractivity contribution is -0.126. The van der Waals surface area contributed by atoms with Gasteiger partial charge in [0.1, 0.15) is 5.75 Å². The maximum atomic E-state index is 12.7. The monoisotopic (exact) mass is 369 g/mol. The van der Waals surface area contributed by atoms with Gasteiger partial charge in [0.05, 0.1) is 7.11 Å². The van der Waals surface area contributed by atoms with Crippen molar-refractivity contribution in [2.75, 3.05) is 20.2 Å². The predicted molar refractivity (Wildman–Crippen MR) is 107 cm³/mol. The maximum absolute atomic E-state index is 12.7. The lowest BCUT2D eigenvalue weighted by Gasteiger charge is -2.24. The normalized spacial score (nSPS) is 17.9. The molecule has 0 bridgehead atoms. The average Bonchev–Trinajstić information content (AvgIpc) is 2.93. The highest BCUT2D eigenvalue weighted by Gasteiger charge is 2.22. The van der Waals surface area contributed by atoms with Gasteiger partial charge in [-0.1, -0.05) is 48.4 Å². The van der Waals surface area contributed by atoms with Crippen molar-refractivity contribution >= 4 is 23.6 Å². The van der Waals surface area contributed by atoms with Crippen molar-refractivity contribution in [3.63, 3.8) is 0 Å². The molecule has 1 unspecified atom stereocenters. The first-order valence-electron chi connectivity index (χ1n) is 9.03. The van der Waals surface area contributed by atoms with E-state index in [1.165, 1.54) is 5.56 Å². The Kier molecular flexibility index (Phi) is 6.35. The topological polar surface area (TPSA) is 29.5 Å². The lowest BCUT2D eigenvalue weighted by Crippen LogP contribution is -2.32. The molecule has 3 rings (SSSR count). The van der Waals surface area contributed by atoms with Crippen LogP contribution in [0.15, 0.2) is 54.6 Å². The van der Waals surface area contributed by atoms with Crippen LogP contribution in [0.25, 0.3) is 6.08 Å². The van der Waals surface area contributed by atoms with Gasteiger partial charge in [-0.25, -0.2) is 0 Å². The Bertz CT molecular complexity index is 770. The van der Waals surface area contributed by atoms with E-state index in [4.69, 9.17) is 16.3 Å². The minimum absolute atomic E-state index is 0.0466. The Hall–Kier alpha value is -2.26. The van der Waals surface area contributed by atoms with Crippen LogP contribution in [-0.2, 0) is 4.79 Å². The fourth-order valence-electron chi connectivity index (χ4n) is 3.37. The van der Waals surface area contributed by atoms with Crippen molar-refractivity contribution in [2.45, 2.75) is 25.2 Å². The molecule has 1 fully saturated rings. The molecule has 0 N–H and O–H groups in total. The molecule has 0 saturated carbocycles. The van der Waals surface area contributed by atoms with Crippen LogP contribution >= 0.6 is 11.6 Å². The number of carbonyl (C=O) groups excluding carboxylic acids is 1. The number of carbonyl (C=O) groups is 1. The summed E-state index contributed by atoms with van der Waals surface area (Å²) in [7, 11) is 1.67. The van der Waals surface area contributed by atoms with E-state index in [2.05, 4.69) is 12.1 Å². The summed E-state index contributed by atoms with van der Waals surface area (Å²) in [6.45, 7) is 1.55. The number of rotatable bonds is 4. The SMILES string of the molecule is COc1ccc(C2CCCCN(C(=O)/C=C/c3ccccc3Cl)C2)cc1. The van der Waals surface area contributed by atoms with E-state index >= 15 is 0 Å². The zero-order valence-electron chi connectivity index (χ0n) is 15.0. The summed E-state index contributed by atoms with van der Waals surface area (Å²) in [6.07, 6.45) is 6.72. The summed E-state index contributed by atoms with van der Waals surface area (Å²) in [6, 6.07) is 15.7. The molecule has 0 radical (unpaired) electrons. The van der Waals surface area contributed by atoms with Crippen molar-refractivity contribution in [3.05, 3.63) is 70.8 Å². The van der Waals surface area contributed by atoms with E-state index in [0.29, 0.717) is 10.9 Å². The first-order chi connectivity index (χ1) is 12.7. The van der Waals surface area contributed by atoms with Gasteiger partial charge < -0.3 is 9.64 Å². The molecule has 4 heteroatoms. The molecule has 2 aromatic carbocycles. The summed E-state index contributed by atoms with van der Waals surface area (Å²) >= 11 is 6.16. The zero-order valence-corrected chi connectivity index (χ0v) is 15.8. The number of hydrogen-bond acceptors (Lipinski definition) is 2. The fraction of sp³-hybridized carbons (Fsp3) is 0.318. The van der Waals surface area contributed by atoms with Gasteiger partial charge in [0.25, 0.3) is 0 Å². The van der Waals surface area contributed by atoms with E-state index in [0.717, 1.165) is 43.7 Å². The summed E-state index contributed by atoms with van der Waals surface area (Å²) in [5.74, 6) is 1.27. The third kappa shape index (κ3) is 4.67. The third-order valence-corrected chi connectivity index (χ3v) is 5.23. The van der Waals surface area contributed by atoms with Crippen LogP contribution in [0.3, 0.4) is 0 Å². The average molecular weight is 370 g/mol. The predicted octanol–water partition coefficient (Wildman–Crippen LogP) is 5.16. The second kappa shape index (κ2) is 8.91. The van der Waals surface area contributed by atoms with Crippen LogP contribution in [0, 0.1) is 0 Å². The molecule has 136 valence electrons. The van der Waals surface area contributed by atoms with Gasteiger partial charge in [-0.2, -0.15) is 0 Å². The van der Waals surface area contributed by atoms with Gasteiger partial charge in [-0.05, 0) is 48.2 Å². The number of amides is 1. The van der Waals surface area contributed by atoms with Crippen LogP contribution in [0.2, 0.25) is 5.02 Å². The lowest BCUT2D eigenvalue weighted by atomic mass is 9.94. The van der Waals surface area contributed by atoms with E-state index in [1.54, 1.807) is 19.3 Å². The van der Waals surface area contributed by atoms with Crippen LogP contribution in [0.5, 0.6) is 5.75 Å². The molecule has 1 atom stereocenters. The molecule has 3 nitrogen and oxygen atoms in total. The van der Waals surface area contributed by atoms with Gasteiger partial charge in [0.15, 0.2) is 0 Å². The zero-order chi connectivity index (χ0) is 18.4. The number of halogens is 1. The highest BCUT2D eigenvalue weighted by atomic mass is 35.5. The number of benzene rings is 2. The Labute approximate surface area is 160 Å². The standard InChI is InChI=1S/C22H24ClNO2/c1-26-20-12-9-17(10-13-20)19-7-4-5-15-24(16-19)22(25)14-11-18-6-2-3-8-21(18)23/h2-3,6,8-14,19H,4-5,7,15-16H2,1H3/b14-11+. The van der Waals surface area contributed by atoms with Gasteiger partial charge in [-0.3, -0.25) is 4.79 Å². The molecule has 0 aromatic heterocycles. The number of ether oxygens (including phenoxy) is 1. The molecule has 0 aliphatic carbocycles. The first kappa shape index (κ1) is 18.5. The summed E-state index contributed by atoms with van der Waals surface area (Å²) < 4.78 is 5.24. The number of likely N-dealkylation sites (tertiary alicyclic amines) is 1. The van der Waals surface area contributed by atoms with Gasteiger partial charge in [-0.15, -0.1) is 0 Å². The first-order valence-corrected chi connectivity index (χ1v) is 9.40. The van der Waals surface area contributed by atoms with Crippen molar-refractivity contribution in [1.29, 1.82) is 0 Å². The van der Waals surface area contributed by atoms with E-state index in [1.807, 2.05) is 41.3 Å². The molecule has 1 saturated heterocycles. The molecular formula is C22H24ClNO2. The second-order valence-electron chi connectivity index (χ2n) is 6.60. The number of hydrogen-bond donors (Lipinski definition) is 0. The Morgan fingerprint density at radius 3 is 2.65 bits per heavy atom. The highest BCUT2D eigenvalue weighted by molar-refractivity contribution is 6.32. The smallest absolute Gasteiger partial charge is 0.246 e. The summed E-state index contributed by atoms with van der Waals surface area (Å²) in [5, 5.41) is 0.656. The van der Waals surface area contributed by atoms with Gasteiger partial charge >= 0.3 is 0 Å². The minimum atomic E-state index is 0.0466. The van der Waals surface area contributed by atoms with Gasteiger partial charge in [0.2, 0.25) is 5.91 Å². The van der Waals surface area contributed by atoms with E-state index in [9.17, 15) is 4.79 Å². The molecule has 1 amide bonds. The summed E-state index contributed by atoms with van der Waals surface area (Å²) in [5.41, 5.74) is 2.13. The van der Waals surface area contributed by atoms with Crippen LogP contribution in [-0.4, -0.2) is 31.0 Å². The summed E-state index contributed by atoms with van der Waals surface area (Å²) in [4.78, 5) is 14.6. The van der Waals surface area contributed by atoms with Crippen molar-refractivity contribution in [3.8, 4) is 5.75 Å². The van der Waals surface area contributed by atoms with E-state index in [-0.39, 0.29) is 5.91 Å².